The van der Waals surface area contributed by atoms with Crippen molar-refractivity contribution >= 4 is 34.2 Å². The molecule has 9 nitrogen and oxygen atoms in total. The van der Waals surface area contributed by atoms with Crippen LogP contribution in [0.3, 0.4) is 0 Å². The Kier molecular flexibility index (Phi) is 7.35. The molecule has 9 heteroatoms. The number of urea groups is 1. The number of carbonyl (C=O) groups excluding carboxylic acids is 2. The van der Waals surface area contributed by atoms with Gasteiger partial charge in [-0.3, -0.25) is 14.9 Å². The zero-order valence-corrected chi connectivity index (χ0v) is 20.9. The summed E-state index contributed by atoms with van der Waals surface area (Å²) >= 11 is 0. The van der Waals surface area contributed by atoms with Crippen LogP contribution in [0.1, 0.15) is 24.0 Å². The van der Waals surface area contributed by atoms with Gasteiger partial charge in [0, 0.05) is 54.1 Å². The summed E-state index contributed by atoms with van der Waals surface area (Å²) < 4.78 is 0. The Bertz CT molecular complexity index is 1430. The number of hydrogen-bond donors (Lipinski definition) is 2. The number of amides is 3. The number of hydrogen-bond acceptors (Lipinski definition) is 4. The van der Waals surface area contributed by atoms with Gasteiger partial charge in [0.15, 0.2) is 0 Å². The maximum absolute atomic E-state index is 13.6. The van der Waals surface area contributed by atoms with Crippen molar-refractivity contribution in [3.63, 3.8) is 0 Å². The number of nitro benzene ring substituents is 1. The molecule has 1 aliphatic carbocycles. The van der Waals surface area contributed by atoms with Gasteiger partial charge in [-0.15, -0.1) is 0 Å². The zero-order chi connectivity index (χ0) is 26.5. The van der Waals surface area contributed by atoms with Gasteiger partial charge in [-0.25, -0.2) is 4.79 Å². The van der Waals surface area contributed by atoms with Gasteiger partial charge in [-0.05, 0) is 48.6 Å². The SMILES string of the molecule is O=C(CN(C(=O)Nc1ccc([N+](=O)[O-])cc1)C1CC1)N(CCc1c[nH]c2ccccc12)Cc1ccccc1. The van der Waals surface area contributed by atoms with Crippen LogP contribution in [0, 0.1) is 10.1 Å². The lowest BCUT2D eigenvalue weighted by molar-refractivity contribution is -0.384. The molecule has 3 aromatic carbocycles. The van der Waals surface area contributed by atoms with E-state index < -0.39 is 4.92 Å². The summed E-state index contributed by atoms with van der Waals surface area (Å²) in [6, 6.07) is 23.2. The summed E-state index contributed by atoms with van der Waals surface area (Å²) in [7, 11) is 0. The molecule has 1 aromatic heterocycles. The number of carbonyl (C=O) groups is 2. The number of nitro groups is 1. The minimum absolute atomic E-state index is 0.00388. The summed E-state index contributed by atoms with van der Waals surface area (Å²) in [4.78, 5) is 43.8. The Morgan fingerprint density at radius 2 is 1.68 bits per heavy atom. The average molecular weight is 512 g/mol. The zero-order valence-electron chi connectivity index (χ0n) is 20.9. The van der Waals surface area contributed by atoms with Gasteiger partial charge in [0.05, 0.1) is 4.92 Å². The fraction of sp³-hybridized carbons (Fsp3) is 0.241. The maximum atomic E-state index is 13.6. The largest absolute Gasteiger partial charge is 0.361 e. The van der Waals surface area contributed by atoms with Crippen molar-refractivity contribution in [3.8, 4) is 0 Å². The van der Waals surface area contributed by atoms with E-state index in [1.165, 1.54) is 24.3 Å². The number of fused-ring (bicyclic) bond motifs is 1. The number of nitrogens with one attached hydrogen (secondary N) is 2. The molecule has 1 fully saturated rings. The molecule has 1 saturated carbocycles. The van der Waals surface area contributed by atoms with Crippen molar-refractivity contribution in [2.75, 3.05) is 18.4 Å². The Labute approximate surface area is 220 Å². The highest BCUT2D eigenvalue weighted by atomic mass is 16.6. The first-order valence-electron chi connectivity index (χ1n) is 12.7. The van der Waals surface area contributed by atoms with Crippen LogP contribution in [0.15, 0.2) is 85.1 Å². The molecule has 1 aliphatic rings. The smallest absolute Gasteiger partial charge is 0.322 e. The lowest BCUT2D eigenvalue weighted by atomic mass is 10.1. The van der Waals surface area contributed by atoms with Crippen LogP contribution in [-0.4, -0.2) is 50.8 Å². The maximum Gasteiger partial charge on any atom is 0.322 e. The highest BCUT2D eigenvalue weighted by molar-refractivity contribution is 5.93. The van der Waals surface area contributed by atoms with Crippen LogP contribution in [0.4, 0.5) is 16.2 Å². The number of para-hydroxylation sites is 1. The molecule has 0 bridgehead atoms. The highest BCUT2D eigenvalue weighted by Gasteiger charge is 2.35. The number of H-pyrrole nitrogens is 1. The van der Waals surface area contributed by atoms with Gasteiger partial charge in [-0.2, -0.15) is 0 Å². The minimum atomic E-state index is -0.488. The van der Waals surface area contributed by atoms with E-state index in [9.17, 15) is 19.7 Å². The number of nitrogens with zero attached hydrogens (tertiary/aromatic N) is 3. The van der Waals surface area contributed by atoms with Crippen LogP contribution >= 0.6 is 0 Å². The molecule has 0 atom stereocenters. The molecule has 0 radical (unpaired) electrons. The van der Waals surface area contributed by atoms with Crippen molar-refractivity contribution in [2.24, 2.45) is 0 Å². The van der Waals surface area contributed by atoms with Gasteiger partial charge in [0.1, 0.15) is 6.54 Å². The standard InChI is InChI=1S/C29H29N5O4/c35-28(20-33(24-14-15-24)29(36)31-23-10-12-25(13-11-23)34(37)38)32(19-21-6-2-1-3-7-21)17-16-22-18-30-27-9-5-4-8-26(22)27/h1-13,18,24,30H,14-17,19-20H2,(H,31,36). The quantitative estimate of drug-likeness (QED) is 0.221. The van der Waals surface area contributed by atoms with Crippen molar-refractivity contribution in [1.82, 2.24) is 14.8 Å². The van der Waals surface area contributed by atoms with Crippen LogP contribution in [0.2, 0.25) is 0 Å². The molecule has 38 heavy (non-hydrogen) atoms. The Morgan fingerprint density at radius 1 is 0.974 bits per heavy atom. The van der Waals surface area contributed by atoms with E-state index in [0.717, 1.165) is 34.9 Å². The second kappa shape index (κ2) is 11.2. The highest BCUT2D eigenvalue weighted by Crippen LogP contribution is 2.28. The number of benzene rings is 3. The third-order valence-corrected chi connectivity index (χ3v) is 6.78. The molecule has 0 unspecified atom stereocenters. The third-order valence-electron chi connectivity index (χ3n) is 6.78. The Balaban J connectivity index is 1.29. The molecule has 2 N–H and O–H groups in total. The van der Waals surface area contributed by atoms with Crippen LogP contribution in [-0.2, 0) is 17.8 Å². The summed E-state index contributed by atoms with van der Waals surface area (Å²) in [5.74, 6) is -0.126. The number of aromatic amines is 1. The summed E-state index contributed by atoms with van der Waals surface area (Å²) in [5, 5.41) is 14.8. The van der Waals surface area contributed by atoms with E-state index in [4.69, 9.17) is 0 Å². The molecule has 194 valence electrons. The molecule has 0 aliphatic heterocycles. The minimum Gasteiger partial charge on any atom is -0.361 e. The summed E-state index contributed by atoms with van der Waals surface area (Å²) in [6.07, 6.45) is 4.36. The topological polar surface area (TPSA) is 112 Å². The number of anilines is 1. The second-order valence-corrected chi connectivity index (χ2v) is 9.50. The van der Waals surface area contributed by atoms with E-state index in [1.807, 2.05) is 59.6 Å². The van der Waals surface area contributed by atoms with Crippen LogP contribution < -0.4 is 5.32 Å². The van der Waals surface area contributed by atoms with E-state index in [1.54, 1.807) is 4.90 Å². The van der Waals surface area contributed by atoms with E-state index >= 15 is 0 Å². The Morgan fingerprint density at radius 3 is 2.39 bits per heavy atom. The molecule has 0 saturated heterocycles. The molecular weight excluding hydrogens is 482 g/mol. The van der Waals surface area contributed by atoms with Crippen molar-refractivity contribution in [3.05, 3.63) is 106 Å². The fourth-order valence-corrected chi connectivity index (χ4v) is 4.55. The van der Waals surface area contributed by atoms with Crippen molar-refractivity contribution < 1.29 is 14.5 Å². The molecule has 1 heterocycles. The second-order valence-electron chi connectivity index (χ2n) is 9.50. The first-order valence-corrected chi connectivity index (χ1v) is 12.7. The van der Waals surface area contributed by atoms with Gasteiger partial charge < -0.3 is 20.1 Å². The van der Waals surface area contributed by atoms with E-state index in [0.29, 0.717) is 25.2 Å². The molecule has 0 spiro atoms. The fourth-order valence-electron chi connectivity index (χ4n) is 4.55. The first kappa shape index (κ1) is 25.0. The van der Waals surface area contributed by atoms with Gasteiger partial charge in [0.2, 0.25) is 5.91 Å². The molecule has 5 rings (SSSR count). The summed E-state index contributed by atoms with van der Waals surface area (Å²) in [6.45, 7) is 0.923. The summed E-state index contributed by atoms with van der Waals surface area (Å²) in [5.41, 5.74) is 3.61. The average Bonchev–Trinajstić information content (AvgIpc) is 3.69. The van der Waals surface area contributed by atoms with Crippen molar-refractivity contribution in [2.45, 2.75) is 31.8 Å². The van der Waals surface area contributed by atoms with E-state index in [-0.39, 0.29) is 30.2 Å². The van der Waals surface area contributed by atoms with Crippen LogP contribution in [0.25, 0.3) is 10.9 Å². The lowest BCUT2D eigenvalue weighted by Crippen LogP contribution is -2.45. The third kappa shape index (κ3) is 6.00. The Hall–Kier alpha value is -4.66. The predicted molar refractivity (Wildman–Crippen MR) is 146 cm³/mol. The van der Waals surface area contributed by atoms with Gasteiger partial charge >= 0.3 is 6.03 Å². The number of non-ortho nitro benzene ring substituents is 1. The molecular formula is C29H29N5O4. The van der Waals surface area contributed by atoms with Crippen molar-refractivity contribution in [1.29, 1.82) is 0 Å². The van der Waals surface area contributed by atoms with Crippen LogP contribution in [0.5, 0.6) is 0 Å². The normalized spacial score (nSPS) is 12.7. The molecule has 3 amide bonds. The predicted octanol–water partition coefficient (Wildman–Crippen LogP) is 5.34. The lowest BCUT2D eigenvalue weighted by Gasteiger charge is -2.28. The number of rotatable bonds is 10. The monoisotopic (exact) mass is 511 g/mol. The van der Waals surface area contributed by atoms with Gasteiger partial charge in [-0.1, -0.05) is 48.5 Å². The van der Waals surface area contributed by atoms with Gasteiger partial charge in [0.25, 0.3) is 5.69 Å². The molecule has 4 aromatic rings. The van der Waals surface area contributed by atoms with E-state index in [2.05, 4.69) is 16.4 Å². The number of aromatic nitrogens is 1. The first-order chi connectivity index (χ1) is 18.5.